The molecule has 2 heterocycles. The predicted molar refractivity (Wildman–Crippen MR) is 61.2 cm³/mol. The Hall–Kier alpha value is -1.18. The Morgan fingerprint density at radius 1 is 1.47 bits per heavy atom. The SMILES string of the molecule is NCc1ccc(OC2CS(=O)(=O)CC2O)cn1. The van der Waals surface area contributed by atoms with Crippen molar-refractivity contribution >= 4 is 9.84 Å². The van der Waals surface area contributed by atoms with Crippen LogP contribution in [0.25, 0.3) is 0 Å². The van der Waals surface area contributed by atoms with Gasteiger partial charge in [0.15, 0.2) is 9.84 Å². The molecule has 6 nitrogen and oxygen atoms in total. The quantitative estimate of drug-likeness (QED) is 0.726. The summed E-state index contributed by atoms with van der Waals surface area (Å²) in [7, 11) is -3.19. The molecule has 1 saturated heterocycles. The van der Waals surface area contributed by atoms with Gasteiger partial charge in [0.25, 0.3) is 0 Å². The summed E-state index contributed by atoms with van der Waals surface area (Å²) in [6, 6.07) is 3.36. The van der Waals surface area contributed by atoms with Crippen LogP contribution in [-0.2, 0) is 16.4 Å². The summed E-state index contributed by atoms with van der Waals surface area (Å²) in [5.41, 5.74) is 6.12. The molecule has 2 unspecified atom stereocenters. The molecule has 2 rings (SSSR count). The highest BCUT2D eigenvalue weighted by atomic mass is 32.2. The zero-order chi connectivity index (χ0) is 12.5. The Morgan fingerprint density at radius 3 is 2.71 bits per heavy atom. The van der Waals surface area contributed by atoms with Crippen molar-refractivity contribution in [2.45, 2.75) is 18.8 Å². The van der Waals surface area contributed by atoms with Crippen LogP contribution in [0.2, 0.25) is 0 Å². The first-order valence-corrected chi connectivity index (χ1v) is 7.02. The van der Waals surface area contributed by atoms with E-state index < -0.39 is 22.0 Å². The van der Waals surface area contributed by atoms with Crippen molar-refractivity contribution in [1.29, 1.82) is 0 Å². The van der Waals surface area contributed by atoms with Gasteiger partial charge < -0.3 is 15.6 Å². The van der Waals surface area contributed by atoms with E-state index in [0.717, 1.165) is 5.69 Å². The van der Waals surface area contributed by atoms with Gasteiger partial charge in [0.2, 0.25) is 0 Å². The van der Waals surface area contributed by atoms with Crippen LogP contribution >= 0.6 is 0 Å². The molecule has 0 radical (unpaired) electrons. The van der Waals surface area contributed by atoms with E-state index in [0.29, 0.717) is 12.3 Å². The van der Waals surface area contributed by atoms with Crippen molar-refractivity contribution in [2.24, 2.45) is 5.73 Å². The molecule has 1 aliphatic heterocycles. The third-order valence-electron chi connectivity index (χ3n) is 2.57. The van der Waals surface area contributed by atoms with Gasteiger partial charge in [0, 0.05) is 6.54 Å². The molecule has 0 aromatic carbocycles. The number of aliphatic hydroxyl groups is 1. The fraction of sp³-hybridized carbons (Fsp3) is 0.500. The lowest BCUT2D eigenvalue weighted by atomic mass is 10.2. The Bertz CT molecular complexity index is 486. The number of rotatable bonds is 3. The largest absolute Gasteiger partial charge is 0.485 e. The van der Waals surface area contributed by atoms with Crippen molar-refractivity contribution in [2.75, 3.05) is 11.5 Å². The summed E-state index contributed by atoms with van der Waals surface area (Å²) in [5.74, 6) is 0.0297. The maximum absolute atomic E-state index is 11.3. The van der Waals surface area contributed by atoms with E-state index >= 15 is 0 Å². The van der Waals surface area contributed by atoms with E-state index in [1.165, 1.54) is 6.20 Å². The molecule has 1 aliphatic rings. The van der Waals surface area contributed by atoms with Crippen LogP contribution in [0.4, 0.5) is 0 Å². The Labute approximate surface area is 99.3 Å². The third-order valence-corrected chi connectivity index (χ3v) is 4.25. The van der Waals surface area contributed by atoms with Gasteiger partial charge in [-0.1, -0.05) is 0 Å². The lowest BCUT2D eigenvalue weighted by molar-refractivity contribution is 0.0735. The normalized spacial score (nSPS) is 26.9. The second-order valence-electron chi connectivity index (χ2n) is 3.99. The van der Waals surface area contributed by atoms with Crippen LogP contribution in [0.3, 0.4) is 0 Å². The van der Waals surface area contributed by atoms with E-state index in [1.54, 1.807) is 12.1 Å². The van der Waals surface area contributed by atoms with Crippen LogP contribution < -0.4 is 10.5 Å². The van der Waals surface area contributed by atoms with Crippen molar-refractivity contribution < 1.29 is 18.3 Å². The van der Waals surface area contributed by atoms with Gasteiger partial charge in [-0.2, -0.15) is 0 Å². The highest BCUT2D eigenvalue weighted by Crippen LogP contribution is 2.19. The molecular weight excluding hydrogens is 244 g/mol. The number of nitrogens with two attached hydrogens (primary N) is 1. The minimum Gasteiger partial charge on any atom is -0.485 e. The van der Waals surface area contributed by atoms with E-state index in [9.17, 15) is 13.5 Å². The van der Waals surface area contributed by atoms with E-state index in [4.69, 9.17) is 10.5 Å². The number of aliphatic hydroxyl groups excluding tert-OH is 1. The number of aromatic nitrogens is 1. The minimum atomic E-state index is -3.19. The minimum absolute atomic E-state index is 0.160. The summed E-state index contributed by atoms with van der Waals surface area (Å²) in [4.78, 5) is 4.02. The van der Waals surface area contributed by atoms with Crippen LogP contribution in [0, 0.1) is 0 Å². The highest BCUT2D eigenvalue weighted by molar-refractivity contribution is 7.91. The number of hydrogen-bond acceptors (Lipinski definition) is 6. The van der Waals surface area contributed by atoms with Gasteiger partial charge in [-0.15, -0.1) is 0 Å². The van der Waals surface area contributed by atoms with Crippen LogP contribution in [0.1, 0.15) is 5.69 Å². The molecular formula is C10H14N2O4S. The number of sulfone groups is 1. The first-order valence-electron chi connectivity index (χ1n) is 5.20. The average molecular weight is 258 g/mol. The Morgan fingerprint density at radius 2 is 2.24 bits per heavy atom. The zero-order valence-corrected chi connectivity index (χ0v) is 9.93. The van der Waals surface area contributed by atoms with Crippen molar-refractivity contribution in [3.63, 3.8) is 0 Å². The molecule has 0 spiro atoms. The van der Waals surface area contributed by atoms with Gasteiger partial charge in [-0.25, -0.2) is 8.42 Å². The van der Waals surface area contributed by atoms with E-state index in [1.807, 2.05) is 0 Å². The maximum Gasteiger partial charge on any atom is 0.156 e. The van der Waals surface area contributed by atoms with Crippen LogP contribution in [-0.4, -0.2) is 42.2 Å². The summed E-state index contributed by atoms with van der Waals surface area (Å²) >= 11 is 0. The third kappa shape index (κ3) is 2.93. The molecule has 1 aromatic rings. The molecule has 17 heavy (non-hydrogen) atoms. The molecule has 1 aromatic heterocycles. The molecule has 0 saturated carbocycles. The molecule has 7 heteroatoms. The number of hydrogen-bond donors (Lipinski definition) is 2. The first kappa shape index (κ1) is 12.3. The first-order chi connectivity index (χ1) is 8.00. The van der Waals surface area contributed by atoms with E-state index in [2.05, 4.69) is 4.98 Å². The zero-order valence-electron chi connectivity index (χ0n) is 9.11. The van der Waals surface area contributed by atoms with Gasteiger partial charge in [-0.05, 0) is 12.1 Å². The molecule has 2 atom stereocenters. The Kier molecular flexibility index (Phi) is 3.32. The lowest BCUT2D eigenvalue weighted by Crippen LogP contribution is -2.29. The molecule has 1 fully saturated rings. The van der Waals surface area contributed by atoms with Gasteiger partial charge in [-0.3, -0.25) is 4.98 Å². The summed E-state index contributed by atoms with van der Waals surface area (Å²) < 4.78 is 27.9. The lowest BCUT2D eigenvalue weighted by Gasteiger charge is -2.15. The average Bonchev–Trinajstić information content (AvgIpc) is 2.53. The van der Waals surface area contributed by atoms with Gasteiger partial charge in [0.05, 0.1) is 23.4 Å². The number of nitrogens with zero attached hydrogens (tertiary/aromatic N) is 1. The van der Waals surface area contributed by atoms with Crippen molar-refractivity contribution in [3.8, 4) is 5.75 Å². The molecule has 0 aliphatic carbocycles. The fourth-order valence-electron chi connectivity index (χ4n) is 1.69. The smallest absolute Gasteiger partial charge is 0.156 e. The van der Waals surface area contributed by atoms with E-state index in [-0.39, 0.29) is 11.5 Å². The molecule has 0 amide bonds. The van der Waals surface area contributed by atoms with Gasteiger partial charge >= 0.3 is 0 Å². The standard InChI is InChI=1S/C10H14N2O4S/c11-3-7-1-2-8(4-12-7)16-10-6-17(14,15)5-9(10)13/h1-2,4,9-10,13H,3,5-6,11H2. The Balaban J connectivity index is 2.06. The topological polar surface area (TPSA) is 103 Å². The number of pyridine rings is 1. The van der Waals surface area contributed by atoms with Crippen molar-refractivity contribution in [1.82, 2.24) is 4.98 Å². The molecule has 0 bridgehead atoms. The predicted octanol–water partition coefficient (Wildman–Crippen LogP) is -0.923. The van der Waals surface area contributed by atoms with Gasteiger partial charge in [0.1, 0.15) is 18.0 Å². The van der Waals surface area contributed by atoms with Crippen molar-refractivity contribution in [3.05, 3.63) is 24.0 Å². The summed E-state index contributed by atoms with van der Waals surface area (Å²) in [6.07, 6.45) is -0.223. The molecule has 94 valence electrons. The van der Waals surface area contributed by atoms with Crippen LogP contribution in [0.5, 0.6) is 5.75 Å². The molecule has 3 N–H and O–H groups in total. The highest BCUT2D eigenvalue weighted by Gasteiger charge is 2.38. The summed E-state index contributed by atoms with van der Waals surface area (Å²) in [5, 5.41) is 9.54. The maximum atomic E-state index is 11.3. The second-order valence-corrected chi connectivity index (χ2v) is 6.14. The van der Waals surface area contributed by atoms with Crippen LogP contribution in [0.15, 0.2) is 18.3 Å². The monoisotopic (exact) mass is 258 g/mol. The second kappa shape index (κ2) is 4.59. The summed E-state index contributed by atoms with van der Waals surface area (Å²) in [6.45, 7) is 0.334. The fourth-order valence-corrected chi connectivity index (χ4v) is 3.35. The number of ether oxygens (including phenoxy) is 1.